The maximum Gasteiger partial charge on any atom is 0.261 e. The van der Waals surface area contributed by atoms with Crippen molar-refractivity contribution in [1.82, 2.24) is 0 Å². The lowest BCUT2D eigenvalue weighted by atomic mass is 10.1. The van der Waals surface area contributed by atoms with E-state index in [9.17, 15) is 17.6 Å². The van der Waals surface area contributed by atoms with Crippen LogP contribution in [-0.2, 0) is 10.0 Å². The van der Waals surface area contributed by atoms with Gasteiger partial charge in [0.2, 0.25) is 5.91 Å². The molecule has 2 aromatic rings. The van der Waals surface area contributed by atoms with E-state index in [4.69, 9.17) is 5.73 Å². The Kier molecular flexibility index (Phi) is 3.95. The zero-order chi connectivity index (χ0) is 15.6. The molecular weight excluding hydrogens is 295 g/mol. The van der Waals surface area contributed by atoms with Crippen LogP contribution in [0.4, 0.5) is 10.1 Å². The number of nitrogens with one attached hydrogen (secondary N) is 1. The van der Waals surface area contributed by atoms with Crippen LogP contribution in [0, 0.1) is 12.7 Å². The molecule has 1 amide bonds. The predicted molar refractivity (Wildman–Crippen MR) is 76.9 cm³/mol. The molecule has 3 N–H and O–H groups in total. The van der Waals surface area contributed by atoms with Crippen molar-refractivity contribution >= 4 is 21.6 Å². The van der Waals surface area contributed by atoms with E-state index in [2.05, 4.69) is 4.72 Å². The Bertz CT molecular complexity index is 786. The van der Waals surface area contributed by atoms with E-state index in [0.717, 1.165) is 24.3 Å². The van der Waals surface area contributed by atoms with Gasteiger partial charge in [-0.2, -0.15) is 0 Å². The largest absolute Gasteiger partial charge is 0.366 e. The Morgan fingerprint density at radius 1 is 1.14 bits per heavy atom. The number of primary amides is 1. The Labute approximate surface area is 121 Å². The van der Waals surface area contributed by atoms with Crippen molar-refractivity contribution in [3.8, 4) is 0 Å². The van der Waals surface area contributed by atoms with Crippen LogP contribution in [-0.4, -0.2) is 14.3 Å². The molecule has 0 saturated carbocycles. The summed E-state index contributed by atoms with van der Waals surface area (Å²) in [5.41, 5.74) is 6.12. The van der Waals surface area contributed by atoms with Crippen LogP contribution in [0.1, 0.15) is 15.9 Å². The number of carbonyl (C=O) groups is 1. The van der Waals surface area contributed by atoms with Crippen molar-refractivity contribution in [2.24, 2.45) is 5.73 Å². The number of sulfonamides is 1. The smallest absolute Gasteiger partial charge is 0.261 e. The number of benzene rings is 2. The van der Waals surface area contributed by atoms with E-state index in [1.807, 2.05) is 0 Å². The molecular formula is C14H13FN2O3S. The molecule has 0 aromatic heterocycles. The summed E-state index contributed by atoms with van der Waals surface area (Å²) in [6, 6.07) is 8.98. The number of amides is 1. The molecule has 7 heteroatoms. The van der Waals surface area contributed by atoms with E-state index in [1.54, 1.807) is 6.92 Å². The lowest BCUT2D eigenvalue weighted by molar-refractivity contribution is 0.0999. The molecule has 21 heavy (non-hydrogen) atoms. The molecule has 0 aliphatic rings. The van der Waals surface area contributed by atoms with Gasteiger partial charge in [-0.1, -0.05) is 6.07 Å². The van der Waals surface area contributed by atoms with Crippen LogP contribution in [0.25, 0.3) is 0 Å². The quantitative estimate of drug-likeness (QED) is 0.905. The highest BCUT2D eigenvalue weighted by Gasteiger charge is 2.17. The predicted octanol–water partition coefficient (Wildman–Crippen LogP) is 2.03. The molecule has 0 bridgehead atoms. The highest BCUT2D eigenvalue weighted by atomic mass is 32.2. The van der Waals surface area contributed by atoms with Gasteiger partial charge in [-0.05, 0) is 48.9 Å². The molecule has 0 saturated heterocycles. The topological polar surface area (TPSA) is 89.3 Å². The molecule has 2 rings (SSSR count). The molecule has 2 aromatic carbocycles. The van der Waals surface area contributed by atoms with Gasteiger partial charge in [-0.25, -0.2) is 12.8 Å². The normalized spacial score (nSPS) is 11.1. The Balaban J connectivity index is 2.39. The lowest BCUT2D eigenvalue weighted by Gasteiger charge is -2.12. The van der Waals surface area contributed by atoms with Gasteiger partial charge in [-0.15, -0.1) is 0 Å². The zero-order valence-corrected chi connectivity index (χ0v) is 11.9. The first kappa shape index (κ1) is 15.0. The van der Waals surface area contributed by atoms with Crippen LogP contribution in [0.2, 0.25) is 0 Å². The van der Waals surface area contributed by atoms with Crippen molar-refractivity contribution in [2.45, 2.75) is 11.8 Å². The lowest BCUT2D eigenvalue weighted by Crippen LogP contribution is -2.17. The van der Waals surface area contributed by atoms with Crippen molar-refractivity contribution in [1.29, 1.82) is 0 Å². The van der Waals surface area contributed by atoms with Crippen LogP contribution in [0.3, 0.4) is 0 Å². The van der Waals surface area contributed by atoms with Gasteiger partial charge in [-0.3, -0.25) is 9.52 Å². The Morgan fingerprint density at radius 3 is 2.33 bits per heavy atom. The highest BCUT2D eigenvalue weighted by molar-refractivity contribution is 7.92. The van der Waals surface area contributed by atoms with E-state index in [1.165, 1.54) is 18.2 Å². The van der Waals surface area contributed by atoms with Crippen LogP contribution < -0.4 is 10.5 Å². The number of carbonyl (C=O) groups excluding carboxylic acids is 1. The average molecular weight is 308 g/mol. The maximum atomic E-state index is 12.8. The third-order valence-electron chi connectivity index (χ3n) is 2.97. The molecule has 0 heterocycles. The molecule has 110 valence electrons. The zero-order valence-electron chi connectivity index (χ0n) is 11.1. The highest BCUT2D eigenvalue weighted by Crippen LogP contribution is 2.22. The molecule has 0 radical (unpaired) electrons. The number of halogens is 1. The molecule has 0 unspecified atom stereocenters. The van der Waals surface area contributed by atoms with E-state index in [0.29, 0.717) is 5.56 Å². The van der Waals surface area contributed by atoms with Gasteiger partial charge < -0.3 is 5.73 Å². The van der Waals surface area contributed by atoms with Gasteiger partial charge in [0.25, 0.3) is 10.0 Å². The van der Waals surface area contributed by atoms with Gasteiger partial charge in [0.05, 0.1) is 10.6 Å². The number of anilines is 1. The van der Waals surface area contributed by atoms with Crippen molar-refractivity contribution in [3.63, 3.8) is 0 Å². The summed E-state index contributed by atoms with van der Waals surface area (Å²) in [7, 11) is -3.86. The first-order valence-corrected chi connectivity index (χ1v) is 7.47. The Hall–Kier alpha value is -2.41. The third kappa shape index (κ3) is 3.19. The van der Waals surface area contributed by atoms with Crippen LogP contribution >= 0.6 is 0 Å². The summed E-state index contributed by atoms with van der Waals surface area (Å²) in [6.07, 6.45) is 0. The van der Waals surface area contributed by atoms with Crippen molar-refractivity contribution in [3.05, 3.63) is 59.4 Å². The molecule has 0 spiro atoms. The standard InChI is InChI=1S/C14H13FN2O3S/c1-9-12(14(16)18)3-2-4-13(9)17-21(19,20)11-7-5-10(15)6-8-11/h2-8,17H,1H3,(H2,16,18). The number of hydrogen-bond acceptors (Lipinski definition) is 3. The number of nitrogens with two attached hydrogens (primary N) is 1. The molecule has 5 nitrogen and oxygen atoms in total. The first-order chi connectivity index (χ1) is 9.81. The summed E-state index contributed by atoms with van der Waals surface area (Å²) < 4.78 is 39.6. The van der Waals surface area contributed by atoms with E-state index in [-0.39, 0.29) is 16.1 Å². The van der Waals surface area contributed by atoms with Gasteiger partial charge in [0, 0.05) is 5.56 Å². The molecule has 0 fully saturated rings. The second-order valence-electron chi connectivity index (χ2n) is 4.40. The van der Waals surface area contributed by atoms with Crippen LogP contribution in [0.15, 0.2) is 47.4 Å². The minimum absolute atomic E-state index is 0.0761. The van der Waals surface area contributed by atoms with E-state index < -0.39 is 21.7 Å². The molecule has 0 atom stereocenters. The summed E-state index contributed by atoms with van der Waals surface area (Å²) in [5, 5.41) is 0. The van der Waals surface area contributed by atoms with Crippen molar-refractivity contribution < 1.29 is 17.6 Å². The fourth-order valence-electron chi connectivity index (χ4n) is 1.83. The SMILES string of the molecule is Cc1c(NS(=O)(=O)c2ccc(F)cc2)cccc1C(N)=O. The van der Waals surface area contributed by atoms with Gasteiger partial charge in [0.15, 0.2) is 0 Å². The second kappa shape index (κ2) is 5.53. The van der Waals surface area contributed by atoms with E-state index >= 15 is 0 Å². The summed E-state index contributed by atoms with van der Waals surface area (Å²) >= 11 is 0. The number of rotatable bonds is 4. The first-order valence-electron chi connectivity index (χ1n) is 5.99. The maximum absolute atomic E-state index is 12.8. The summed E-state index contributed by atoms with van der Waals surface area (Å²) in [6.45, 7) is 1.59. The monoisotopic (exact) mass is 308 g/mol. The molecule has 0 aliphatic heterocycles. The molecule has 0 aliphatic carbocycles. The summed E-state index contributed by atoms with van der Waals surface area (Å²) in [4.78, 5) is 11.2. The fourth-order valence-corrected chi connectivity index (χ4v) is 2.95. The van der Waals surface area contributed by atoms with Crippen molar-refractivity contribution in [2.75, 3.05) is 4.72 Å². The average Bonchev–Trinajstić information content (AvgIpc) is 2.41. The van der Waals surface area contributed by atoms with Crippen LogP contribution in [0.5, 0.6) is 0 Å². The minimum Gasteiger partial charge on any atom is -0.366 e. The summed E-state index contributed by atoms with van der Waals surface area (Å²) in [5.74, 6) is -1.17. The Morgan fingerprint density at radius 2 is 1.76 bits per heavy atom. The minimum atomic E-state index is -3.86. The fraction of sp³-hybridized carbons (Fsp3) is 0.0714. The van der Waals surface area contributed by atoms with Gasteiger partial charge in [0.1, 0.15) is 5.82 Å². The second-order valence-corrected chi connectivity index (χ2v) is 6.08. The van der Waals surface area contributed by atoms with Gasteiger partial charge >= 0.3 is 0 Å². The number of hydrogen-bond donors (Lipinski definition) is 2. The third-order valence-corrected chi connectivity index (χ3v) is 4.35.